The second-order valence-corrected chi connectivity index (χ2v) is 6.62. The number of benzene rings is 2. The second-order valence-electron chi connectivity index (χ2n) is 4.58. The summed E-state index contributed by atoms with van der Waals surface area (Å²) in [4.78, 5) is 4.61. The first-order valence-corrected chi connectivity index (χ1v) is 8.21. The van der Waals surface area contributed by atoms with Crippen LogP contribution >= 0.6 is 43.5 Å². The molecular formula is C15H11Br2ClN2. The fraction of sp³-hybridized carbons (Fsp3) is 0.133. The molecule has 0 aliphatic rings. The van der Waals surface area contributed by atoms with Crippen LogP contribution in [0.4, 0.5) is 0 Å². The van der Waals surface area contributed by atoms with E-state index in [1.165, 1.54) is 5.56 Å². The highest BCUT2D eigenvalue weighted by Crippen LogP contribution is 2.30. The molecule has 20 heavy (non-hydrogen) atoms. The van der Waals surface area contributed by atoms with Gasteiger partial charge < -0.3 is 0 Å². The van der Waals surface area contributed by atoms with Gasteiger partial charge in [0.25, 0.3) is 0 Å². The van der Waals surface area contributed by atoms with Crippen LogP contribution in [-0.2, 0) is 5.88 Å². The van der Waals surface area contributed by atoms with Gasteiger partial charge in [0, 0.05) is 8.95 Å². The van der Waals surface area contributed by atoms with Crippen LogP contribution in [0.5, 0.6) is 0 Å². The predicted octanol–water partition coefficient (Wildman–Crippen LogP) is 5.60. The smallest absolute Gasteiger partial charge is 0.129 e. The third-order valence-electron chi connectivity index (χ3n) is 3.15. The van der Waals surface area contributed by atoms with Gasteiger partial charge >= 0.3 is 0 Å². The zero-order valence-corrected chi connectivity index (χ0v) is 14.6. The van der Waals surface area contributed by atoms with Crippen molar-refractivity contribution < 1.29 is 0 Å². The third-order valence-corrected chi connectivity index (χ3v) is 4.55. The maximum atomic E-state index is 6.08. The van der Waals surface area contributed by atoms with E-state index in [0.29, 0.717) is 5.88 Å². The molecule has 1 heterocycles. The van der Waals surface area contributed by atoms with E-state index in [1.54, 1.807) is 0 Å². The molecule has 3 rings (SSSR count). The van der Waals surface area contributed by atoms with Crippen molar-refractivity contribution in [3.63, 3.8) is 0 Å². The number of fused-ring (bicyclic) bond motifs is 1. The highest BCUT2D eigenvalue weighted by molar-refractivity contribution is 9.10. The van der Waals surface area contributed by atoms with E-state index in [4.69, 9.17) is 11.6 Å². The molecule has 0 radical (unpaired) electrons. The molecule has 0 N–H and O–H groups in total. The molecule has 0 bridgehead atoms. The molecule has 3 aromatic rings. The lowest BCUT2D eigenvalue weighted by Gasteiger charge is -2.11. The van der Waals surface area contributed by atoms with Crippen molar-refractivity contribution in [3.8, 4) is 5.69 Å². The van der Waals surface area contributed by atoms with E-state index in [2.05, 4.69) is 66.5 Å². The number of aryl methyl sites for hydroxylation is 1. The molecule has 5 heteroatoms. The molecule has 2 aromatic carbocycles. The quantitative estimate of drug-likeness (QED) is 0.499. The maximum Gasteiger partial charge on any atom is 0.129 e. The van der Waals surface area contributed by atoms with Crippen LogP contribution < -0.4 is 0 Å². The molecule has 0 fully saturated rings. The molecule has 0 saturated carbocycles. The fourth-order valence-electron chi connectivity index (χ4n) is 2.25. The Morgan fingerprint density at radius 1 is 1.15 bits per heavy atom. The van der Waals surface area contributed by atoms with Crippen LogP contribution in [-0.4, -0.2) is 9.55 Å². The van der Waals surface area contributed by atoms with Crippen molar-refractivity contribution >= 4 is 54.5 Å². The molecule has 0 atom stereocenters. The molecule has 2 nitrogen and oxygen atoms in total. The van der Waals surface area contributed by atoms with Gasteiger partial charge in [-0.05, 0) is 58.7 Å². The highest BCUT2D eigenvalue weighted by Gasteiger charge is 2.14. The maximum absolute atomic E-state index is 6.08. The minimum Gasteiger partial charge on any atom is -0.294 e. The van der Waals surface area contributed by atoms with Gasteiger partial charge in [-0.1, -0.05) is 22.0 Å². The molecule has 0 unspecified atom stereocenters. The Balaban J connectivity index is 2.39. The van der Waals surface area contributed by atoms with Crippen molar-refractivity contribution in [3.05, 3.63) is 56.7 Å². The number of hydrogen-bond acceptors (Lipinski definition) is 1. The van der Waals surface area contributed by atoms with Gasteiger partial charge in [-0.2, -0.15) is 0 Å². The fourth-order valence-corrected chi connectivity index (χ4v) is 3.20. The van der Waals surface area contributed by atoms with Crippen LogP contribution in [0, 0.1) is 6.92 Å². The Kier molecular flexibility index (Phi) is 3.89. The lowest BCUT2D eigenvalue weighted by Crippen LogP contribution is -2.00. The summed E-state index contributed by atoms with van der Waals surface area (Å²) in [6.07, 6.45) is 0. The van der Waals surface area contributed by atoms with E-state index >= 15 is 0 Å². The zero-order chi connectivity index (χ0) is 14.3. The standard InChI is InChI=1S/C15H11Br2ClN2/c1-9-2-4-11(17)13(6-9)20-14-7-10(16)3-5-12(14)19-15(20)8-18/h2-7H,8H2,1H3. The van der Waals surface area contributed by atoms with Gasteiger partial charge in [-0.15, -0.1) is 11.6 Å². The van der Waals surface area contributed by atoms with Crippen molar-refractivity contribution in [1.29, 1.82) is 0 Å². The minimum atomic E-state index is 0.368. The Hall–Kier alpha value is -0.840. The third kappa shape index (κ3) is 2.41. The largest absolute Gasteiger partial charge is 0.294 e. The molecule has 1 aromatic heterocycles. The van der Waals surface area contributed by atoms with Gasteiger partial charge in [-0.25, -0.2) is 4.98 Å². The van der Waals surface area contributed by atoms with Crippen molar-refractivity contribution in [2.24, 2.45) is 0 Å². The van der Waals surface area contributed by atoms with Gasteiger partial charge in [0.1, 0.15) is 5.82 Å². The zero-order valence-electron chi connectivity index (χ0n) is 10.7. The summed E-state index contributed by atoms with van der Waals surface area (Å²) in [6, 6.07) is 12.3. The number of halogens is 3. The molecule has 0 amide bonds. The topological polar surface area (TPSA) is 17.8 Å². The predicted molar refractivity (Wildman–Crippen MR) is 90.8 cm³/mol. The number of rotatable bonds is 2. The Morgan fingerprint density at radius 2 is 1.95 bits per heavy atom. The van der Waals surface area contributed by atoms with Gasteiger partial charge in [0.05, 0.1) is 22.6 Å². The lowest BCUT2D eigenvalue weighted by molar-refractivity contribution is 0.975. The summed E-state index contributed by atoms with van der Waals surface area (Å²) < 4.78 is 4.15. The Bertz CT molecular complexity index is 796. The van der Waals surface area contributed by atoms with Gasteiger partial charge in [-0.3, -0.25) is 4.57 Å². The molecule has 0 saturated heterocycles. The van der Waals surface area contributed by atoms with Crippen LogP contribution in [0.1, 0.15) is 11.4 Å². The summed E-state index contributed by atoms with van der Waals surface area (Å²) in [5.41, 5.74) is 4.24. The molecule has 0 spiro atoms. The number of aromatic nitrogens is 2. The molecule has 0 aliphatic carbocycles. The second kappa shape index (κ2) is 5.51. The highest BCUT2D eigenvalue weighted by atomic mass is 79.9. The molecular weight excluding hydrogens is 403 g/mol. The minimum absolute atomic E-state index is 0.368. The van der Waals surface area contributed by atoms with Crippen molar-refractivity contribution in [2.75, 3.05) is 0 Å². The summed E-state index contributed by atoms with van der Waals surface area (Å²) in [5, 5.41) is 0. The normalized spacial score (nSPS) is 11.2. The van der Waals surface area contributed by atoms with E-state index in [9.17, 15) is 0 Å². The van der Waals surface area contributed by atoms with E-state index in [0.717, 1.165) is 31.5 Å². The Morgan fingerprint density at radius 3 is 2.70 bits per heavy atom. The van der Waals surface area contributed by atoms with E-state index in [1.807, 2.05) is 18.2 Å². The molecule has 102 valence electrons. The average Bonchev–Trinajstić information content (AvgIpc) is 2.79. The SMILES string of the molecule is Cc1ccc(Br)c(-n2c(CCl)nc3ccc(Br)cc32)c1. The van der Waals surface area contributed by atoms with E-state index in [-0.39, 0.29) is 0 Å². The summed E-state index contributed by atoms with van der Waals surface area (Å²) in [5.74, 6) is 1.21. The number of nitrogens with zero attached hydrogens (tertiary/aromatic N) is 2. The van der Waals surface area contributed by atoms with Crippen molar-refractivity contribution in [1.82, 2.24) is 9.55 Å². The lowest BCUT2D eigenvalue weighted by atomic mass is 10.2. The number of hydrogen-bond donors (Lipinski definition) is 0. The van der Waals surface area contributed by atoms with E-state index < -0.39 is 0 Å². The average molecular weight is 415 g/mol. The number of alkyl halides is 1. The summed E-state index contributed by atoms with van der Waals surface area (Å²) >= 11 is 13.2. The first kappa shape index (κ1) is 14.1. The van der Waals surface area contributed by atoms with Crippen LogP contribution in [0.25, 0.3) is 16.7 Å². The van der Waals surface area contributed by atoms with Crippen LogP contribution in [0.15, 0.2) is 45.3 Å². The number of imidazole rings is 1. The van der Waals surface area contributed by atoms with Crippen LogP contribution in [0.3, 0.4) is 0 Å². The Labute approximate surface area is 139 Å². The molecule has 0 aliphatic heterocycles. The van der Waals surface area contributed by atoms with Gasteiger partial charge in [0.15, 0.2) is 0 Å². The summed E-state index contributed by atoms with van der Waals surface area (Å²) in [7, 11) is 0. The van der Waals surface area contributed by atoms with Gasteiger partial charge in [0.2, 0.25) is 0 Å². The first-order chi connectivity index (χ1) is 9.60. The first-order valence-electron chi connectivity index (χ1n) is 6.09. The van der Waals surface area contributed by atoms with Crippen molar-refractivity contribution in [2.45, 2.75) is 12.8 Å². The van der Waals surface area contributed by atoms with Crippen LogP contribution in [0.2, 0.25) is 0 Å². The monoisotopic (exact) mass is 412 g/mol. The summed E-state index contributed by atoms with van der Waals surface area (Å²) in [6.45, 7) is 2.07.